The fourth-order valence-corrected chi connectivity index (χ4v) is 5.71. The summed E-state index contributed by atoms with van der Waals surface area (Å²) in [7, 11) is 0. The molecule has 0 N–H and O–H groups in total. The molecule has 6 heteroatoms. The van der Waals surface area contributed by atoms with Crippen molar-refractivity contribution >= 4 is 5.91 Å². The van der Waals surface area contributed by atoms with Gasteiger partial charge in [0.1, 0.15) is 5.83 Å². The van der Waals surface area contributed by atoms with Gasteiger partial charge in [0, 0.05) is 31.7 Å². The normalized spacial score (nSPS) is 27.2. The lowest BCUT2D eigenvalue weighted by Crippen LogP contribution is -2.36. The standard InChI is InChI=1S/C27H32FN3O2/c1-27(2,17-29)20-8-6-18(7-9-20)26(32)31-15-22-21(23(22)16-31)14-19-4-3-5-24(25(19)28)30-10-12-33-13-11-30/h5-9,21-23H,3-4,10-16H2,1-2H3. The molecule has 0 spiro atoms. The van der Waals surface area contributed by atoms with E-state index in [1.165, 1.54) is 0 Å². The number of nitriles is 1. The van der Waals surface area contributed by atoms with Crippen LogP contribution in [0.5, 0.6) is 0 Å². The van der Waals surface area contributed by atoms with E-state index in [9.17, 15) is 10.1 Å². The van der Waals surface area contributed by atoms with Crippen LogP contribution in [-0.4, -0.2) is 55.1 Å². The molecule has 0 aromatic heterocycles. The molecule has 3 fully saturated rings. The van der Waals surface area contributed by atoms with Crippen molar-refractivity contribution in [3.63, 3.8) is 0 Å². The molecule has 2 aliphatic heterocycles. The second-order valence-electron chi connectivity index (χ2n) is 10.4. The topological polar surface area (TPSA) is 56.6 Å². The first-order valence-electron chi connectivity index (χ1n) is 12.1. The molecular weight excluding hydrogens is 417 g/mol. The number of morpholine rings is 1. The molecule has 4 aliphatic rings. The molecule has 2 aliphatic carbocycles. The van der Waals surface area contributed by atoms with Crippen LogP contribution >= 0.6 is 0 Å². The number of piperidine rings is 1. The first-order valence-corrected chi connectivity index (χ1v) is 12.1. The summed E-state index contributed by atoms with van der Waals surface area (Å²) in [4.78, 5) is 17.0. The Morgan fingerprint density at radius 1 is 1.18 bits per heavy atom. The molecule has 1 aromatic carbocycles. The third kappa shape index (κ3) is 4.19. The van der Waals surface area contributed by atoms with Gasteiger partial charge in [-0.2, -0.15) is 5.26 Å². The summed E-state index contributed by atoms with van der Waals surface area (Å²) in [6.07, 6.45) is 4.58. The van der Waals surface area contributed by atoms with Crippen molar-refractivity contribution < 1.29 is 13.9 Å². The van der Waals surface area contributed by atoms with Crippen LogP contribution in [0.1, 0.15) is 49.0 Å². The molecule has 1 aromatic rings. The number of carbonyl (C=O) groups excluding carboxylic acids is 1. The largest absolute Gasteiger partial charge is 0.378 e. The van der Waals surface area contributed by atoms with Gasteiger partial charge in [-0.05, 0) is 74.1 Å². The van der Waals surface area contributed by atoms with Gasteiger partial charge in [0.2, 0.25) is 0 Å². The minimum absolute atomic E-state index is 0.0126. The Hall–Kier alpha value is -2.65. The fourth-order valence-electron chi connectivity index (χ4n) is 5.71. The molecule has 2 heterocycles. The van der Waals surface area contributed by atoms with Crippen LogP contribution < -0.4 is 0 Å². The molecule has 5 rings (SSSR count). The van der Waals surface area contributed by atoms with E-state index >= 15 is 4.39 Å². The predicted molar refractivity (Wildman–Crippen MR) is 124 cm³/mol. The monoisotopic (exact) mass is 449 g/mol. The number of benzene rings is 1. The van der Waals surface area contributed by atoms with Crippen molar-refractivity contribution in [3.8, 4) is 6.07 Å². The lowest BCUT2D eigenvalue weighted by Gasteiger charge is -2.32. The molecule has 33 heavy (non-hydrogen) atoms. The van der Waals surface area contributed by atoms with Crippen LogP contribution in [-0.2, 0) is 10.2 Å². The molecule has 0 radical (unpaired) electrons. The second-order valence-corrected chi connectivity index (χ2v) is 10.4. The maximum absolute atomic E-state index is 15.3. The molecule has 2 atom stereocenters. The number of amides is 1. The van der Waals surface area contributed by atoms with E-state index in [2.05, 4.69) is 11.0 Å². The number of rotatable bonds is 5. The van der Waals surface area contributed by atoms with Gasteiger partial charge in [-0.1, -0.05) is 18.2 Å². The number of carbonyl (C=O) groups is 1. The van der Waals surface area contributed by atoms with E-state index in [-0.39, 0.29) is 11.7 Å². The lowest BCUT2D eigenvalue weighted by molar-refractivity contribution is 0.0530. The average Bonchev–Trinajstić information content (AvgIpc) is 3.27. The molecule has 0 bridgehead atoms. The number of hydrogen-bond donors (Lipinski definition) is 0. The summed E-state index contributed by atoms with van der Waals surface area (Å²) in [6.45, 7) is 8.12. The van der Waals surface area contributed by atoms with Gasteiger partial charge in [-0.3, -0.25) is 4.79 Å². The molecule has 2 unspecified atom stereocenters. The Labute approximate surface area is 195 Å². The summed E-state index contributed by atoms with van der Waals surface area (Å²) in [5, 5.41) is 9.31. The highest BCUT2D eigenvalue weighted by Gasteiger charge is 2.56. The van der Waals surface area contributed by atoms with Gasteiger partial charge in [-0.15, -0.1) is 0 Å². The van der Waals surface area contributed by atoms with Crippen LogP contribution in [0, 0.1) is 29.1 Å². The van der Waals surface area contributed by atoms with Crippen molar-refractivity contribution in [2.45, 2.75) is 38.5 Å². The van der Waals surface area contributed by atoms with Gasteiger partial charge in [0.25, 0.3) is 5.91 Å². The highest BCUT2D eigenvalue weighted by atomic mass is 19.1. The zero-order chi connectivity index (χ0) is 23.2. The summed E-state index contributed by atoms with van der Waals surface area (Å²) in [5.41, 5.74) is 2.76. The molecular formula is C27H32FN3O2. The molecule has 5 nitrogen and oxygen atoms in total. The highest BCUT2D eigenvalue weighted by molar-refractivity contribution is 5.94. The number of likely N-dealkylation sites (tertiary alicyclic amines) is 1. The third-order valence-corrected chi connectivity index (χ3v) is 7.94. The van der Waals surface area contributed by atoms with Crippen LogP contribution in [0.25, 0.3) is 0 Å². The Balaban J connectivity index is 1.18. The first kappa shape index (κ1) is 22.2. The quantitative estimate of drug-likeness (QED) is 0.667. The molecule has 174 valence electrons. The van der Waals surface area contributed by atoms with Crippen molar-refractivity contribution in [1.29, 1.82) is 5.26 Å². The van der Waals surface area contributed by atoms with E-state index in [1.54, 1.807) is 0 Å². The number of halogens is 1. The lowest BCUT2D eigenvalue weighted by atomic mass is 9.86. The highest BCUT2D eigenvalue weighted by Crippen LogP contribution is 2.55. The number of nitrogens with zero attached hydrogens (tertiary/aromatic N) is 3. The van der Waals surface area contributed by atoms with Gasteiger partial charge in [-0.25, -0.2) is 4.39 Å². The minimum Gasteiger partial charge on any atom is -0.378 e. The van der Waals surface area contributed by atoms with Crippen molar-refractivity contribution in [2.24, 2.45) is 17.8 Å². The maximum atomic E-state index is 15.3. The molecule has 1 amide bonds. The van der Waals surface area contributed by atoms with E-state index < -0.39 is 5.41 Å². The van der Waals surface area contributed by atoms with Crippen LogP contribution in [0.4, 0.5) is 4.39 Å². The SMILES string of the molecule is CC(C)(C#N)c1ccc(C(=O)N2CC3C(CC4=C(F)C(N5CCOCC5)=CCC4)C3C2)cc1. The molecule has 2 saturated heterocycles. The summed E-state index contributed by atoms with van der Waals surface area (Å²) < 4.78 is 20.7. The minimum atomic E-state index is -0.565. The van der Waals surface area contributed by atoms with Gasteiger partial charge in [0.05, 0.1) is 30.4 Å². The Morgan fingerprint density at radius 3 is 2.48 bits per heavy atom. The fraction of sp³-hybridized carbons (Fsp3) is 0.556. The van der Waals surface area contributed by atoms with Crippen LogP contribution in [0.15, 0.2) is 47.4 Å². The van der Waals surface area contributed by atoms with Crippen LogP contribution in [0.2, 0.25) is 0 Å². The summed E-state index contributed by atoms with van der Waals surface area (Å²) in [5.74, 6) is 1.52. The van der Waals surface area contributed by atoms with E-state index in [0.29, 0.717) is 36.5 Å². The number of fused-ring (bicyclic) bond motifs is 1. The predicted octanol–water partition coefficient (Wildman–Crippen LogP) is 4.43. The maximum Gasteiger partial charge on any atom is 0.253 e. The Morgan fingerprint density at radius 2 is 1.85 bits per heavy atom. The second kappa shape index (κ2) is 8.61. The Kier molecular flexibility index (Phi) is 5.78. The van der Waals surface area contributed by atoms with Crippen molar-refractivity contribution in [3.05, 3.63) is 58.6 Å². The number of ether oxygens (including phenoxy) is 1. The van der Waals surface area contributed by atoms with Gasteiger partial charge >= 0.3 is 0 Å². The zero-order valence-electron chi connectivity index (χ0n) is 19.5. The van der Waals surface area contributed by atoms with Crippen molar-refractivity contribution in [1.82, 2.24) is 9.80 Å². The zero-order valence-corrected chi connectivity index (χ0v) is 19.5. The number of allylic oxidation sites excluding steroid dienone is 3. The third-order valence-electron chi connectivity index (χ3n) is 7.94. The van der Waals surface area contributed by atoms with E-state index in [4.69, 9.17) is 4.74 Å². The van der Waals surface area contributed by atoms with Crippen LogP contribution in [0.3, 0.4) is 0 Å². The first-order chi connectivity index (χ1) is 15.9. The Bertz CT molecular complexity index is 1020. The average molecular weight is 450 g/mol. The van der Waals surface area contributed by atoms with Gasteiger partial charge < -0.3 is 14.5 Å². The summed E-state index contributed by atoms with van der Waals surface area (Å²) >= 11 is 0. The number of hydrogen-bond acceptors (Lipinski definition) is 4. The molecule has 1 saturated carbocycles. The van der Waals surface area contributed by atoms with E-state index in [0.717, 1.165) is 62.3 Å². The van der Waals surface area contributed by atoms with E-state index in [1.807, 2.05) is 49.1 Å². The summed E-state index contributed by atoms with van der Waals surface area (Å²) in [6, 6.07) is 9.73. The van der Waals surface area contributed by atoms with Gasteiger partial charge in [0.15, 0.2) is 0 Å². The van der Waals surface area contributed by atoms with Crippen molar-refractivity contribution in [2.75, 3.05) is 39.4 Å². The smallest absolute Gasteiger partial charge is 0.253 e.